The number of aliphatic hydroxyl groups is 2. The fourth-order valence-corrected chi connectivity index (χ4v) is 2.84. The van der Waals surface area contributed by atoms with Gasteiger partial charge in [0, 0.05) is 26.2 Å². The van der Waals surface area contributed by atoms with E-state index in [2.05, 4.69) is 30.9 Å². The van der Waals surface area contributed by atoms with Crippen LogP contribution >= 0.6 is 0 Å². The molecule has 0 aliphatic rings. The standard InChI is InChI=1S/C20H35NO3/c1-3-5-9-18(4-2)16-24-17-20(23)15-21(12-13-22)14-19-10-7-6-8-11-19/h6-8,10-11,18,20,22-23H,3-5,9,12-17H2,1-2H3. The van der Waals surface area contributed by atoms with E-state index in [0.29, 0.717) is 25.6 Å². The zero-order valence-electron chi connectivity index (χ0n) is 15.4. The van der Waals surface area contributed by atoms with Gasteiger partial charge in [-0.05, 0) is 17.9 Å². The summed E-state index contributed by atoms with van der Waals surface area (Å²) in [5.41, 5.74) is 1.18. The van der Waals surface area contributed by atoms with Crippen molar-refractivity contribution in [1.29, 1.82) is 0 Å². The van der Waals surface area contributed by atoms with E-state index in [1.54, 1.807) is 0 Å². The Morgan fingerprint density at radius 2 is 1.88 bits per heavy atom. The van der Waals surface area contributed by atoms with Crippen molar-refractivity contribution >= 4 is 0 Å². The highest BCUT2D eigenvalue weighted by Crippen LogP contribution is 2.13. The molecule has 0 saturated heterocycles. The first-order valence-corrected chi connectivity index (χ1v) is 9.32. The van der Waals surface area contributed by atoms with Crippen LogP contribution in [0.2, 0.25) is 0 Å². The molecule has 4 nitrogen and oxygen atoms in total. The molecule has 0 aromatic heterocycles. The van der Waals surface area contributed by atoms with Crippen LogP contribution < -0.4 is 0 Å². The quantitative estimate of drug-likeness (QED) is 0.548. The Balaban J connectivity index is 2.32. The maximum Gasteiger partial charge on any atom is 0.0900 e. The SMILES string of the molecule is CCCCC(CC)COCC(O)CN(CCO)Cc1ccccc1. The molecular formula is C20H35NO3. The minimum atomic E-state index is -0.524. The molecule has 0 fully saturated rings. The second kappa shape index (κ2) is 13.4. The topological polar surface area (TPSA) is 52.9 Å². The average molecular weight is 338 g/mol. The zero-order chi connectivity index (χ0) is 17.6. The number of benzene rings is 1. The van der Waals surface area contributed by atoms with Crippen LogP contribution in [0.5, 0.6) is 0 Å². The van der Waals surface area contributed by atoms with Crippen molar-refractivity contribution in [2.24, 2.45) is 5.92 Å². The molecule has 2 N–H and O–H groups in total. The highest BCUT2D eigenvalue weighted by Gasteiger charge is 2.13. The lowest BCUT2D eigenvalue weighted by molar-refractivity contribution is -0.000238. The van der Waals surface area contributed by atoms with Crippen LogP contribution in [-0.2, 0) is 11.3 Å². The van der Waals surface area contributed by atoms with Crippen LogP contribution in [0.25, 0.3) is 0 Å². The first kappa shape index (κ1) is 21.1. The molecule has 0 radical (unpaired) electrons. The molecule has 0 amide bonds. The molecule has 1 aromatic carbocycles. The van der Waals surface area contributed by atoms with Crippen molar-refractivity contribution in [2.45, 2.75) is 52.2 Å². The van der Waals surface area contributed by atoms with Gasteiger partial charge in [-0.2, -0.15) is 0 Å². The number of aliphatic hydroxyl groups excluding tert-OH is 2. The lowest BCUT2D eigenvalue weighted by Crippen LogP contribution is -2.36. The van der Waals surface area contributed by atoms with Gasteiger partial charge < -0.3 is 14.9 Å². The smallest absolute Gasteiger partial charge is 0.0900 e. The van der Waals surface area contributed by atoms with Crippen molar-refractivity contribution in [1.82, 2.24) is 4.90 Å². The van der Waals surface area contributed by atoms with Gasteiger partial charge in [-0.15, -0.1) is 0 Å². The zero-order valence-corrected chi connectivity index (χ0v) is 15.4. The number of nitrogens with zero attached hydrogens (tertiary/aromatic N) is 1. The molecule has 24 heavy (non-hydrogen) atoms. The maximum atomic E-state index is 10.2. The van der Waals surface area contributed by atoms with Crippen LogP contribution in [0.15, 0.2) is 30.3 Å². The van der Waals surface area contributed by atoms with Crippen molar-refractivity contribution in [3.05, 3.63) is 35.9 Å². The molecule has 0 heterocycles. The van der Waals surface area contributed by atoms with Gasteiger partial charge in [-0.25, -0.2) is 0 Å². The molecule has 1 aromatic rings. The largest absolute Gasteiger partial charge is 0.395 e. The predicted molar refractivity (Wildman–Crippen MR) is 98.9 cm³/mol. The molecule has 0 saturated carbocycles. The predicted octanol–water partition coefficient (Wildman–Crippen LogP) is 3.07. The highest BCUT2D eigenvalue weighted by molar-refractivity contribution is 5.14. The maximum absolute atomic E-state index is 10.2. The van der Waals surface area contributed by atoms with E-state index in [1.165, 1.54) is 24.8 Å². The van der Waals surface area contributed by atoms with Gasteiger partial charge in [0.1, 0.15) is 0 Å². The molecule has 2 unspecified atom stereocenters. The summed E-state index contributed by atoms with van der Waals surface area (Å²) in [4.78, 5) is 2.07. The molecule has 0 spiro atoms. The van der Waals surface area contributed by atoms with Crippen LogP contribution in [0.4, 0.5) is 0 Å². The summed E-state index contributed by atoms with van der Waals surface area (Å²) in [6, 6.07) is 10.1. The Labute approximate surface area is 147 Å². The monoisotopic (exact) mass is 337 g/mol. The number of hydrogen-bond donors (Lipinski definition) is 2. The normalized spacial score (nSPS) is 14.0. The number of hydrogen-bond acceptors (Lipinski definition) is 4. The lowest BCUT2D eigenvalue weighted by atomic mass is 10.0. The number of unbranched alkanes of at least 4 members (excludes halogenated alkanes) is 1. The van der Waals surface area contributed by atoms with E-state index in [9.17, 15) is 10.2 Å². The van der Waals surface area contributed by atoms with Gasteiger partial charge in [0.05, 0.1) is 19.3 Å². The second-order valence-corrected chi connectivity index (χ2v) is 6.55. The molecule has 138 valence electrons. The van der Waals surface area contributed by atoms with Crippen molar-refractivity contribution < 1.29 is 14.9 Å². The molecule has 0 aliphatic carbocycles. The van der Waals surface area contributed by atoms with Crippen molar-refractivity contribution in [2.75, 3.05) is 32.9 Å². The third kappa shape index (κ3) is 9.38. The van der Waals surface area contributed by atoms with Gasteiger partial charge in [-0.1, -0.05) is 63.4 Å². The Hall–Kier alpha value is -0.940. The molecule has 2 atom stereocenters. The Morgan fingerprint density at radius 1 is 1.12 bits per heavy atom. The molecular weight excluding hydrogens is 302 g/mol. The van der Waals surface area contributed by atoms with E-state index in [1.807, 2.05) is 18.2 Å². The second-order valence-electron chi connectivity index (χ2n) is 6.55. The molecule has 1 rings (SSSR count). The Kier molecular flexibility index (Phi) is 11.7. The third-order valence-electron chi connectivity index (χ3n) is 4.34. The fraction of sp³-hybridized carbons (Fsp3) is 0.700. The summed E-state index contributed by atoms with van der Waals surface area (Å²) in [5, 5.41) is 19.5. The van der Waals surface area contributed by atoms with Gasteiger partial charge >= 0.3 is 0 Å². The van der Waals surface area contributed by atoms with E-state index in [4.69, 9.17) is 4.74 Å². The molecule has 4 heteroatoms. The van der Waals surface area contributed by atoms with Crippen LogP contribution in [0.1, 0.15) is 45.1 Å². The summed E-state index contributed by atoms with van der Waals surface area (Å²) in [6.07, 6.45) is 4.26. The van der Waals surface area contributed by atoms with Gasteiger partial charge in [0.25, 0.3) is 0 Å². The van der Waals surface area contributed by atoms with E-state index in [0.717, 1.165) is 19.6 Å². The first-order valence-electron chi connectivity index (χ1n) is 9.32. The fourth-order valence-electron chi connectivity index (χ4n) is 2.84. The summed E-state index contributed by atoms with van der Waals surface area (Å²) >= 11 is 0. The minimum Gasteiger partial charge on any atom is -0.395 e. The third-order valence-corrected chi connectivity index (χ3v) is 4.34. The van der Waals surface area contributed by atoms with Crippen molar-refractivity contribution in [3.63, 3.8) is 0 Å². The van der Waals surface area contributed by atoms with E-state index in [-0.39, 0.29) is 6.61 Å². The highest BCUT2D eigenvalue weighted by atomic mass is 16.5. The minimum absolute atomic E-state index is 0.0926. The molecule has 0 aliphatic heterocycles. The summed E-state index contributed by atoms with van der Waals surface area (Å²) in [5.74, 6) is 0.593. The van der Waals surface area contributed by atoms with Gasteiger partial charge in [0.2, 0.25) is 0 Å². The van der Waals surface area contributed by atoms with Gasteiger partial charge in [-0.3, -0.25) is 4.90 Å². The Bertz CT molecular complexity index is 399. The Morgan fingerprint density at radius 3 is 2.50 bits per heavy atom. The first-order chi connectivity index (χ1) is 11.7. The summed E-state index contributed by atoms with van der Waals surface area (Å²) in [7, 11) is 0. The van der Waals surface area contributed by atoms with Gasteiger partial charge in [0.15, 0.2) is 0 Å². The van der Waals surface area contributed by atoms with E-state index < -0.39 is 6.10 Å². The number of rotatable bonds is 14. The van der Waals surface area contributed by atoms with Crippen LogP contribution in [0.3, 0.4) is 0 Å². The summed E-state index contributed by atoms with van der Waals surface area (Å²) < 4.78 is 5.74. The van der Waals surface area contributed by atoms with Crippen LogP contribution in [0, 0.1) is 5.92 Å². The molecule has 0 bridgehead atoms. The van der Waals surface area contributed by atoms with Crippen molar-refractivity contribution in [3.8, 4) is 0 Å². The number of ether oxygens (including phenoxy) is 1. The van der Waals surface area contributed by atoms with E-state index >= 15 is 0 Å². The lowest BCUT2D eigenvalue weighted by Gasteiger charge is -2.25. The summed E-state index contributed by atoms with van der Waals surface area (Å²) in [6.45, 7) is 7.39. The average Bonchev–Trinajstić information content (AvgIpc) is 2.59. The van der Waals surface area contributed by atoms with Crippen LogP contribution in [-0.4, -0.2) is 54.1 Å².